The van der Waals surface area contributed by atoms with E-state index in [1.165, 1.54) is 0 Å². The fourth-order valence-corrected chi connectivity index (χ4v) is 2.50. The third-order valence-corrected chi connectivity index (χ3v) is 6.23. The smallest absolute Gasteiger partial charge is 0.239 e. The summed E-state index contributed by atoms with van der Waals surface area (Å²) in [7, 11) is 7.73. The van der Waals surface area contributed by atoms with Crippen molar-refractivity contribution < 1.29 is 9.59 Å². The summed E-state index contributed by atoms with van der Waals surface area (Å²) in [5.74, 6) is 0.424. The second kappa shape index (κ2) is 14.8. The Hall–Kier alpha value is -1.14. The first-order chi connectivity index (χ1) is 12.9. The zero-order valence-electron chi connectivity index (χ0n) is 20.7. The summed E-state index contributed by atoms with van der Waals surface area (Å²) in [4.78, 5) is 31.7. The maximum absolute atomic E-state index is 11.9. The van der Waals surface area contributed by atoms with Crippen molar-refractivity contribution in [2.24, 2.45) is 0 Å². The van der Waals surface area contributed by atoms with E-state index in [-0.39, 0.29) is 23.9 Å². The Labute approximate surface area is 175 Å². The number of rotatable bonds is 10. The second-order valence-corrected chi connectivity index (χ2v) is 7.91. The topological polar surface area (TPSA) is 47.1 Å². The molecule has 0 fully saturated rings. The Morgan fingerprint density at radius 1 is 0.607 bits per heavy atom. The summed E-state index contributed by atoms with van der Waals surface area (Å²) in [5, 5.41) is 0. The van der Waals surface area contributed by atoms with Gasteiger partial charge in [-0.1, -0.05) is 27.7 Å². The molecule has 28 heavy (non-hydrogen) atoms. The zero-order chi connectivity index (χ0) is 22.6. The van der Waals surface area contributed by atoms with Crippen LogP contribution in [-0.2, 0) is 9.59 Å². The standard InChI is InChI=1S/2C11H24N2O/c2*1-7-9(3)13(6)11(14)10(4)12(5)8-2/h2*9-10H,7-8H2,1-6H3/t9-,10+;/m1./s1. The fraction of sp³-hybridized carbons (Fsp3) is 0.909. The Morgan fingerprint density at radius 2 is 0.857 bits per heavy atom. The minimum atomic E-state index is -0.0148. The van der Waals surface area contributed by atoms with Crippen molar-refractivity contribution in [3.63, 3.8) is 0 Å². The summed E-state index contributed by atoms with van der Waals surface area (Å²) in [6.07, 6.45) is 2.01. The number of hydrogen-bond donors (Lipinski definition) is 0. The van der Waals surface area contributed by atoms with Crippen molar-refractivity contribution >= 4 is 11.8 Å². The van der Waals surface area contributed by atoms with Crippen molar-refractivity contribution in [2.75, 3.05) is 41.3 Å². The molecule has 0 saturated heterocycles. The van der Waals surface area contributed by atoms with Gasteiger partial charge in [0.1, 0.15) is 0 Å². The van der Waals surface area contributed by atoms with E-state index in [0.29, 0.717) is 12.1 Å². The lowest BCUT2D eigenvalue weighted by atomic mass is 10.2. The molecule has 0 aromatic heterocycles. The molecule has 0 aliphatic heterocycles. The largest absolute Gasteiger partial charge is 0.342 e. The van der Waals surface area contributed by atoms with Crippen LogP contribution in [0.3, 0.4) is 0 Å². The Balaban J connectivity index is 0. The van der Waals surface area contributed by atoms with E-state index in [4.69, 9.17) is 0 Å². The molecule has 0 N–H and O–H groups in total. The second-order valence-electron chi connectivity index (χ2n) is 7.91. The molecular formula is C22H48N4O2. The molecule has 0 aliphatic rings. The molecule has 0 heterocycles. The first-order valence-corrected chi connectivity index (χ1v) is 10.8. The third-order valence-electron chi connectivity index (χ3n) is 6.23. The van der Waals surface area contributed by atoms with Crippen LogP contribution in [0.5, 0.6) is 0 Å². The van der Waals surface area contributed by atoms with Gasteiger partial charge in [0.2, 0.25) is 11.8 Å². The van der Waals surface area contributed by atoms with Gasteiger partial charge in [0.15, 0.2) is 0 Å². The van der Waals surface area contributed by atoms with Gasteiger partial charge in [0.25, 0.3) is 0 Å². The van der Waals surface area contributed by atoms with Gasteiger partial charge in [0, 0.05) is 26.2 Å². The molecule has 0 rings (SSSR count). The number of hydrogen-bond acceptors (Lipinski definition) is 4. The van der Waals surface area contributed by atoms with Crippen molar-refractivity contribution in [3.05, 3.63) is 0 Å². The molecule has 6 nitrogen and oxygen atoms in total. The molecule has 4 atom stereocenters. The number of likely N-dealkylation sites (N-methyl/N-ethyl adjacent to an activating group) is 4. The molecule has 0 saturated carbocycles. The minimum Gasteiger partial charge on any atom is -0.342 e. The maximum Gasteiger partial charge on any atom is 0.239 e. The van der Waals surface area contributed by atoms with Crippen LogP contribution >= 0.6 is 0 Å². The van der Waals surface area contributed by atoms with Gasteiger partial charge in [-0.05, 0) is 67.7 Å². The van der Waals surface area contributed by atoms with E-state index in [1.807, 2.05) is 51.8 Å². The molecule has 0 radical (unpaired) electrons. The van der Waals surface area contributed by atoms with Gasteiger partial charge in [-0.15, -0.1) is 0 Å². The van der Waals surface area contributed by atoms with Crippen LogP contribution in [0.25, 0.3) is 0 Å². The summed E-state index contributed by atoms with van der Waals surface area (Å²) < 4.78 is 0. The monoisotopic (exact) mass is 400 g/mol. The van der Waals surface area contributed by atoms with Crippen LogP contribution in [0.4, 0.5) is 0 Å². The summed E-state index contributed by atoms with van der Waals surface area (Å²) >= 11 is 0. The quantitative estimate of drug-likeness (QED) is 0.565. The Morgan fingerprint density at radius 3 is 1.04 bits per heavy atom. The van der Waals surface area contributed by atoms with Crippen LogP contribution in [0.1, 0.15) is 68.2 Å². The summed E-state index contributed by atoms with van der Waals surface area (Å²) in [5.41, 5.74) is 0. The zero-order valence-corrected chi connectivity index (χ0v) is 20.7. The highest BCUT2D eigenvalue weighted by Crippen LogP contribution is 2.07. The van der Waals surface area contributed by atoms with Gasteiger partial charge in [-0.2, -0.15) is 0 Å². The van der Waals surface area contributed by atoms with E-state index in [1.54, 1.807) is 0 Å². The molecule has 6 heteroatoms. The minimum absolute atomic E-state index is 0.0148. The molecule has 0 aromatic carbocycles. The van der Waals surface area contributed by atoms with E-state index in [2.05, 4.69) is 51.3 Å². The number of nitrogens with zero attached hydrogens (tertiary/aromatic N) is 4. The Bertz CT molecular complexity index is 368. The highest BCUT2D eigenvalue weighted by molar-refractivity contribution is 5.81. The lowest BCUT2D eigenvalue weighted by molar-refractivity contribution is -0.137. The van der Waals surface area contributed by atoms with Crippen LogP contribution in [0.2, 0.25) is 0 Å². The van der Waals surface area contributed by atoms with E-state index in [0.717, 1.165) is 25.9 Å². The predicted octanol–water partition coefficient (Wildman–Crippen LogP) is 3.17. The van der Waals surface area contributed by atoms with Crippen molar-refractivity contribution in [1.29, 1.82) is 0 Å². The van der Waals surface area contributed by atoms with E-state index in [9.17, 15) is 9.59 Å². The van der Waals surface area contributed by atoms with Gasteiger partial charge < -0.3 is 9.80 Å². The highest BCUT2D eigenvalue weighted by atomic mass is 16.2. The summed E-state index contributed by atoms with van der Waals surface area (Å²) in [6, 6.07) is 0.628. The maximum atomic E-state index is 11.9. The third kappa shape index (κ3) is 9.37. The first-order valence-electron chi connectivity index (χ1n) is 10.8. The number of carbonyl (C=O) groups excluding carboxylic acids is 2. The van der Waals surface area contributed by atoms with Crippen LogP contribution < -0.4 is 0 Å². The predicted molar refractivity (Wildman–Crippen MR) is 121 cm³/mol. The fourth-order valence-electron chi connectivity index (χ4n) is 2.50. The lowest BCUT2D eigenvalue weighted by Crippen LogP contribution is -2.46. The molecule has 2 amide bonds. The van der Waals surface area contributed by atoms with Gasteiger partial charge >= 0.3 is 0 Å². The normalized spacial score (nSPS) is 15.4. The van der Waals surface area contributed by atoms with Gasteiger partial charge in [-0.25, -0.2) is 0 Å². The molecular weight excluding hydrogens is 352 g/mol. The van der Waals surface area contributed by atoms with Crippen molar-refractivity contribution in [3.8, 4) is 0 Å². The van der Waals surface area contributed by atoms with E-state index < -0.39 is 0 Å². The number of carbonyl (C=O) groups is 2. The molecule has 0 spiro atoms. The number of amides is 2. The lowest BCUT2D eigenvalue weighted by Gasteiger charge is -2.30. The highest BCUT2D eigenvalue weighted by Gasteiger charge is 2.23. The van der Waals surface area contributed by atoms with E-state index >= 15 is 0 Å². The molecule has 0 aliphatic carbocycles. The van der Waals surface area contributed by atoms with Crippen LogP contribution in [0.15, 0.2) is 0 Å². The average Bonchev–Trinajstić information content (AvgIpc) is 2.73. The average molecular weight is 401 g/mol. The van der Waals surface area contributed by atoms with Crippen molar-refractivity contribution in [1.82, 2.24) is 19.6 Å². The van der Waals surface area contributed by atoms with Crippen molar-refractivity contribution in [2.45, 2.75) is 92.4 Å². The van der Waals surface area contributed by atoms with Gasteiger partial charge in [0.05, 0.1) is 12.1 Å². The van der Waals surface area contributed by atoms with Crippen LogP contribution in [0, 0.1) is 0 Å². The van der Waals surface area contributed by atoms with Crippen LogP contribution in [-0.4, -0.2) is 96.9 Å². The molecule has 0 aromatic rings. The molecule has 0 bridgehead atoms. The molecule has 2 unspecified atom stereocenters. The SMILES string of the molecule is CCC(C)N(C)C(=O)C(C)N(C)CC.CC[C@@H](C)N(C)C(=O)[C@H](C)N(C)CC. The molecule has 168 valence electrons. The Kier molecular flexibility index (Phi) is 15.4. The van der Waals surface area contributed by atoms with Gasteiger partial charge in [-0.3, -0.25) is 19.4 Å². The summed E-state index contributed by atoms with van der Waals surface area (Å²) in [6.45, 7) is 18.2. The first kappa shape index (κ1) is 29.1.